The van der Waals surface area contributed by atoms with Gasteiger partial charge in [0.1, 0.15) is 10.4 Å². The molecule has 1 fully saturated rings. The van der Waals surface area contributed by atoms with Crippen molar-refractivity contribution in [2.24, 2.45) is 0 Å². The molecule has 2 aromatic rings. The third kappa shape index (κ3) is 4.88. The van der Waals surface area contributed by atoms with Gasteiger partial charge in [-0.1, -0.05) is 60.4 Å². The summed E-state index contributed by atoms with van der Waals surface area (Å²) in [5, 5.41) is 14.4. The number of thiophene rings is 1. The van der Waals surface area contributed by atoms with E-state index in [0.717, 1.165) is 10.4 Å². The van der Waals surface area contributed by atoms with Gasteiger partial charge < -0.3 is 10.4 Å². The van der Waals surface area contributed by atoms with Gasteiger partial charge in [-0.25, -0.2) is 0 Å². The monoisotopic (exact) mass is 432 g/mol. The quantitative estimate of drug-likeness (QED) is 0.520. The lowest BCUT2D eigenvalue weighted by Gasteiger charge is -2.25. The van der Waals surface area contributed by atoms with Gasteiger partial charge in [0.25, 0.3) is 5.91 Å². The second-order valence-corrected chi connectivity index (χ2v) is 8.98. The van der Waals surface area contributed by atoms with Crippen LogP contribution in [0.1, 0.15) is 17.4 Å². The highest BCUT2D eigenvalue weighted by molar-refractivity contribution is 8.26. The predicted octanol–water partition coefficient (Wildman–Crippen LogP) is 3.06. The van der Waals surface area contributed by atoms with Gasteiger partial charge in [-0.2, -0.15) is 0 Å². The molecule has 1 aliphatic rings. The molecule has 5 nitrogen and oxygen atoms in total. The number of thiocarbonyl (C=S) groups is 1. The van der Waals surface area contributed by atoms with Crippen LogP contribution in [0.15, 0.2) is 52.7 Å². The lowest BCUT2D eigenvalue weighted by Crippen LogP contribution is -2.51. The number of carbonyl (C=O) groups is 2. The SMILES string of the molecule is CC(C(=O)N[C@@H](CO)Cc1ccccc1)N1C(=O)/C(=C/c2cccs2)SC1=S. The molecule has 1 saturated heterocycles. The first-order chi connectivity index (χ1) is 13.5. The van der Waals surface area contributed by atoms with Gasteiger partial charge in [0.2, 0.25) is 5.91 Å². The number of carbonyl (C=O) groups excluding carboxylic acids is 2. The number of amides is 2. The summed E-state index contributed by atoms with van der Waals surface area (Å²) >= 11 is 8.06. The molecule has 2 amide bonds. The highest BCUT2D eigenvalue weighted by Gasteiger charge is 2.38. The van der Waals surface area contributed by atoms with Crippen molar-refractivity contribution in [3.63, 3.8) is 0 Å². The third-order valence-electron chi connectivity index (χ3n) is 4.30. The Hall–Kier alpha value is -2.00. The fourth-order valence-corrected chi connectivity index (χ4v) is 4.96. The fraction of sp³-hybridized carbons (Fsp3) is 0.250. The van der Waals surface area contributed by atoms with Gasteiger partial charge in [0.05, 0.1) is 17.6 Å². The topological polar surface area (TPSA) is 69.6 Å². The lowest BCUT2D eigenvalue weighted by molar-refractivity contribution is -0.132. The van der Waals surface area contributed by atoms with E-state index in [2.05, 4.69) is 5.32 Å². The zero-order valence-corrected chi connectivity index (χ0v) is 17.7. The van der Waals surface area contributed by atoms with Gasteiger partial charge in [-0.05, 0) is 36.4 Å². The molecule has 0 spiro atoms. The Morgan fingerprint density at radius 2 is 2.04 bits per heavy atom. The number of rotatable bonds is 7. The summed E-state index contributed by atoms with van der Waals surface area (Å²) in [6, 6.07) is 12.3. The molecule has 3 rings (SSSR count). The van der Waals surface area contributed by atoms with Crippen LogP contribution in [0.4, 0.5) is 0 Å². The van der Waals surface area contributed by atoms with E-state index in [4.69, 9.17) is 12.2 Å². The standard InChI is InChI=1S/C20H20N2O3S3/c1-13(18(24)21-15(12-23)10-14-6-3-2-4-7-14)22-19(25)17(28-20(22)26)11-16-8-5-9-27-16/h2-9,11,13,15,23H,10,12H2,1H3,(H,21,24)/b17-11-/t13?,15-/m1/s1. The van der Waals surface area contributed by atoms with Crippen molar-refractivity contribution in [1.29, 1.82) is 0 Å². The van der Waals surface area contributed by atoms with Gasteiger partial charge in [0.15, 0.2) is 0 Å². The molecule has 1 aromatic carbocycles. The van der Waals surface area contributed by atoms with Crippen LogP contribution in [0.2, 0.25) is 0 Å². The average molecular weight is 433 g/mol. The molecule has 28 heavy (non-hydrogen) atoms. The van der Waals surface area contributed by atoms with Crippen LogP contribution in [-0.2, 0) is 16.0 Å². The Balaban J connectivity index is 1.66. The molecule has 2 N–H and O–H groups in total. The summed E-state index contributed by atoms with van der Waals surface area (Å²) in [5.74, 6) is -0.613. The first-order valence-corrected chi connectivity index (χ1v) is 10.9. The van der Waals surface area contributed by atoms with Crippen LogP contribution >= 0.6 is 35.3 Å². The summed E-state index contributed by atoms with van der Waals surface area (Å²) in [6.45, 7) is 1.45. The van der Waals surface area contributed by atoms with Crippen molar-refractivity contribution in [3.8, 4) is 0 Å². The van der Waals surface area contributed by atoms with Crippen LogP contribution in [0.3, 0.4) is 0 Å². The molecule has 2 heterocycles. The van der Waals surface area contributed by atoms with Gasteiger partial charge in [-0.3, -0.25) is 14.5 Å². The summed E-state index contributed by atoms with van der Waals surface area (Å²) in [4.78, 5) is 28.3. The maximum atomic E-state index is 12.8. The largest absolute Gasteiger partial charge is 0.394 e. The Labute approximate surface area is 177 Å². The van der Waals surface area contributed by atoms with Crippen molar-refractivity contribution in [2.45, 2.75) is 25.4 Å². The molecule has 0 saturated carbocycles. The zero-order chi connectivity index (χ0) is 20.1. The zero-order valence-electron chi connectivity index (χ0n) is 15.2. The van der Waals surface area contributed by atoms with Crippen molar-refractivity contribution in [1.82, 2.24) is 10.2 Å². The maximum Gasteiger partial charge on any atom is 0.266 e. The van der Waals surface area contributed by atoms with E-state index in [9.17, 15) is 14.7 Å². The maximum absolute atomic E-state index is 12.8. The molecular formula is C20H20N2O3S3. The summed E-state index contributed by atoms with van der Waals surface area (Å²) < 4.78 is 0.360. The van der Waals surface area contributed by atoms with E-state index >= 15 is 0 Å². The number of nitrogens with zero attached hydrogens (tertiary/aromatic N) is 1. The average Bonchev–Trinajstić information content (AvgIpc) is 3.29. The van der Waals surface area contributed by atoms with E-state index in [1.165, 1.54) is 28.0 Å². The smallest absolute Gasteiger partial charge is 0.266 e. The van der Waals surface area contributed by atoms with Gasteiger partial charge in [-0.15, -0.1) is 11.3 Å². The van der Waals surface area contributed by atoms with Crippen molar-refractivity contribution >= 4 is 57.5 Å². The van der Waals surface area contributed by atoms with Gasteiger partial charge >= 0.3 is 0 Å². The number of hydrogen-bond acceptors (Lipinski definition) is 6. The number of aliphatic hydroxyl groups is 1. The third-order valence-corrected chi connectivity index (χ3v) is 6.45. The minimum atomic E-state index is -0.758. The molecule has 8 heteroatoms. The highest BCUT2D eigenvalue weighted by Crippen LogP contribution is 2.34. The molecule has 146 valence electrons. The van der Waals surface area contributed by atoms with Crippen LogP contribution < -0.4 is 5.32 Å². The number of hydrogen-bond donors (Lipinski definition) is 2. The predicted molar refractivity (Wildman–Crippen MR) is 118 cm³/mol. The Morgan fingerprint density at radius 3 is 2.68 bits per heavy atom. The summed E-state index contributed by atoms with van der Waals surface area (Å²) in [6.07, 6.45) is 2.30. The first-order valence-electron chi connectivity index (χ1n) is 8.75. The molecule has 0 bridgehead atoms. The summed E-state index contributed by atoms with van der Waals surface area (Å²) in [7, 11) is 0. The van der Waals surface area contributed by atoms with E-state index in [1.807, 2.05) is 47.8 Å². The molecule has 1 aliphatic heterocycles. The van der Waals surface area contributed by atoms with Gasteiger partial charge in [0, 0.05) is 4.88 Å². The van der Waals surface area contributed by atoms with E-state index in [1.54, 1.807) is 13.0 Å². The lowest BCUT2D eigenvalue weighted by atomic mass is 10.1. The Bertz CT molecular complexity index is 881. The molecule has 1 unspecified atom stereocenters. The molecule has 0 aliphatic carbocycles. The van der Waals surface area contributed by atoms with Crippen LogP contribution in [0.25, 0.3) is 6.08 Å². The minimum Gasteiger partial charge on any atom is -0.394 e. The van der Waals surface area contributed by atoms with E-state index in [0.29, 0.717) is 15.6 Å². The summed E-state index contributed by atoms with van der Waals surface area (Å²) in [5.41, 5.74) is 1.01. The number of thioether (sulfide) groups is 1. The number of nitrogens with one attached hydrogen (secondary N) is 1. The first kappa shape index (κ1) is 20.7. The number of aliphatic hydroxyl groups excluding tert-OH is 1. The molecule has 0 radical (unpaired) electrons. The highest BCUT2D eigenvalue weighted by atomic mass is 32.2. The van der Waals surface area contributed by atoms with Crippen molar-refractivity contribution < 1.29 is 14.7 Å². The van der Waals surface area contributed by atoms with Crippen molar-refractivity contribution in [2.75, 3.05) is 6.61 Å². The molecule has 2 atom stereocenters. The van der Waals surface area contributed by atoms with Crippen LogP contribution in [0, 0.1) is 0 Å². The second kappa shape index (κ2) is 9.47. The fourth-order valence-electron chi connectivity index (χ4n) is 2.82. The van der Waals surface area contributed by atoms with E-state index < -0.39 is 12.1 Å². The van der Waals surface area contributed by atoms with Crippen LogP contribution in [-0.4, -0.2) is 44.8 Å². The number of benzene rings is 1. The Morgan fingerprint density at radius 1 is 1.29 bits per heavy atom. The molecular weight excluding hydrogens is 412 g/mol. The molecule has 1 aromatic heterocycles. The van der Waals surface area contributed by atoms with Crippen molar-refractivity contribution in [3.05, 3.63) is 63.2 Å². The van der Waals surface area contributed by atoms with E-state index in [-0.39, 0.29) is 18.4 Å². The Kier molecular flexibility index (Phi) is 7.01. The second-order valence-electron chi connectivity index (χ2n) is 6.32. The normalized spacial score (nSPS) is 17.8. The van der Waals surface area contributed by atoms with Crippen LogP contribution in [0.5, 0.6) is 0 Å². The minimum absolute atomic E-state index is 0.190.